The monoisotopic (exact) mass is 377 g/mol. The summed E-state index contributed by atoms with van der Waals surface area (Å²) >= 11 is 11.8. The van der Waals surface area contributed by atoms with E-state index in [1.807, 2.05) is 18.2 Å². The molecule has 0 amide bonds. The van der Waals surface area contributed by atoms with E-state index in [4.69, 9.17) is 23.2 Å². The number of sulfonamides is 1. The van der Waals surface area contributed by atoms with Crippen molar-refractivity contribution in [3.05, 3.63) is 69.7 Å². The van der Waals surface area contributed by atoms with Gasteiger partial charge in [-0.25, -0.2) is 8.42 Å². The molecule has 0 bridgehead atoms. The quantitative estimate of drug-likeness (QED) is 0.694. The summed E-state index contributed by atoms with van der Waals surface area (Å²) in [5, 5.41) is 2.51. The molecule has 0 saturated carbocycles. The molecule has 0 radical (unpaired) electrons. The molecule has 1 aliphatic rings. The van der Waals surface area contributed by atoms with Crippen LogP contribution in [0, 0.1) is 0 Å². The van der Waals surface area contributed by atoms with Crippen LogP contribution in [0.1, 0.15) is 11.1 Å². The van der Waals surface area contributed by atoms with Crippen LogP contribution >= 0.6 is 23.2 Å². The zero-order chi connectivity index (χ0) is 16.9. The third-order valence-corrected chi connectivity index (χ3v) is 6.48. The van der Waals surface area contributed by atoms with Crippen LogP contribution < -0.4 is 4.72 Å². The molecule has 0 unspecified atom stereocenters. The molecule has 122 valence electrons. The van der Waals surface area contributed by atoms with Crippen molar-refractivity contribution in [2.45, 2.75) is 17.7 Å². The normalized spacial score (nSPS) is 13.4. The summed E-state index contributed by atoms with van der Waals surface area (Å²) in [5.74, 6) is 0. The van der Waals surface area contributed by atoms with E-state index in [0.717, 1.165) is 23.6 Å². The lowest BCUT2D eigenvalue weighted by molar-refractivity contribution is 0.602. The molecule has 1 aliphatic carbocycles. The highest BCUT2D eigenvalue weighted by molar-refractivity contribution is 7.93. The molecule has 0 heterocycles. The van der Waals surface area contributed by atoms with Crippen molar-refractivity contribution in [3.8, 4) is 0 Å². The van der Waals surface area contributed by atoms with Gasteiger partial charge in [-0.1, -0.05) is 47.5 Å². The average Bonchev–Trinajstić information content (AvgIpc) is 2.96. The molecule has 0 fully saturated rings. The standard InChI is InChI=1S/C18H13Cl2NO2S/c19-15-8-7-13(10-16(15)20)21-24(22,23)17-9-6-12-5-4-11-2-1-3-14(17)18(11)12/h1-3,6-10,21H,4-5H2. The largest absolute Gasteiger partial charge is 0.280 e. The summed E-state index contributed by atoms with van der Waals surface area (Å²) in [6.07, 6.45) is 1.91. The van der Waals surface area contributed by atoms with Crippen LogP contribution in [0.25, 0.3) is 10.8 Å². The second kappa shape index (κ2) is 5.66. The van der Waals surface area contributed by atoms with Crippen LogP contribution in [-0.4, -0.2) is 8.42 Å². The Balaban J connectivity index is 1.83. The van der Waals surface area contributed by atoms with Gasteiger partial charge in [-0.3, -0.25) is 4.72 Å². The Labute approximate surface area is 150 Å². The van der Waals surface area contributed by atoms with Crippen molar-refractivity contribution < 1.29 is 8.42 Å². The lowest BCUT2D eigenvalue weighted by Crippen LogP contribution is -2.13. The summed E-state index contributed by atoms with van der Waals surface area (Å²) in [7, 11) is -3.73. The van der Waals surface area contributed by atoms with E-state index in [-0.39, 0.29) is 4.90 Å². The Kier molecular flexibility index (Phi) is 3.71. The molecule has 0 aromatic heterocycles. The molecule has 0 atom stereocenters. The molecular formula is C18H13Cl2NO2S. The Morgan fingerprint density at radius 2 is 1.62 bits per heavy atom. The Morgan fingerprint density at radius 3 is 2.38 bits per heavy atom. The van der Waals surface area contributed by atoms with E-state index < -0.39 is 10.0 Å². The van der Waals surface area contributed by atoms with Gasteiger partial charge in [-0.05, 0) is 53.6 Å². The van der Waals surface area contributed by atoms with Crippen molar-refractivity contribution in [2.75, 3.05) is 4.72 Å². The minimum Gasteiger partial charge on any atom is -0.280 e. The molecule has 1 N–H and O–H groups in total. The van der Waals surface area contributed by atoms with Gasteiger partial charge in [0.15, 0.2) is 0 Å². The maximum atomic E-state index is 12.9. The second-order valence-corrected chi connectivity index (χ2v) is 8.26. The van der Waals surface area contributed by atoms with E-state index in [1.165, 1.54) is 17.2 Å². The van der Waals surface area contributed by atoms with Crippen LogP contribution in [-0.2, 0) is 22.9 Å². The van der Waals surface area contributed by atoms with E-state index in [9.17, 15) is 8.42 Å². The van der Waals surface area contributed by atoms with E-state index in [0.29, 0.717) is 15.7 Å². The first-order valence-corrected chi connectivity index (χ1v) is 9.71. The van der Waals surface area contributed by atoms with Crippen LogP contribution in [0.15, 0.2) is 53.4 Å². The number of halogens is 2. The second-order valence-electron chi connectivity index (χ2n) is 5.80. The highest BCUT2D eigenvalue weighted by atomic mass is 35.5. The minimum atomic E-state index is -3.73. The molecule has 0 aliphatic heterocycles. The first-order valence-electron chi connectivity index (χ1n) is 7.47. The summed E-state index contributed by atoms with van der Waals surface area (Å²) in [6.45, 7) is 0. The van der Waals surface area contributed by atoms with Gasteiger partial charge in [0, 0.05) is 5.39 Å². The number of hydrogen-bond acceptors (Lipinski definition) is 2. The molecule has 4 rings (SSSR count). The molecule has 0 spiro atoms. The third kappa shape index (κ3) is 2.55. The molecule has 0 saturated heterocycles. The van der Waals surface area contributed by atoms with Gasteiger partial charge in [-0.15, -0.1) is 0 Å². The minimum absolute atomic E-state index is 0.274. The van der Waals surface area contributed by atoms with Crippen LogP contribution in [0.4, 0.5) is 5.69 Å². The van der Waals surface area contributed by atoms with Gasteiger partial charge < -0.3 is 0 Å². The number of nitrogens with one attached hydrogen (secondary N) is 1. The first-order chi connectivity index (χ1) is 11.5. The summed E-state index contributed by atoms with van der Waals surface area (Å²) in [6, 6.07) is 14.1. The predicted molar refractivity (Wildman–Crippen MR) is 98.6 cm³/mol. The fourth-order valence-corrected chi connectivity index (χ4v) is 4.78. The van der Waals surface area contributed by atoms with Crippen molar-refractivity contribution in [2.24, 2.45) is 0 Å². The number of aryl methyl sites for hydroxylation is 2. The fraction of sp³-hybridized carbons (Fsp3) is 0.111. The van der Waals surface area contributed by atoms with Gasteiger partial charge >= 0.3 is 0 Å². The van der Waals surface area contributed by atoms with Crippen LogP contribution in [0.5, 0.6) is 0 Å². The molecule has 3 aromatic carbocycles. The van der Waals surface area contributed by atoms with Crippen molar-refractivity contribution in [1.82, 2.24) is 0 Å². The lowest BCUT2D eigenvalue weighted by Gasteiger charge is -2.12. The third-order valence-electron chi connectivity index (χ3n) is 4.30. The number of anilines is 1. The highest BCUT2D eigenvalue weighted by Gasteiger charge is 2.22. The van der Waals surface area contributed by atoms with E-state index in [2.05, 4.69) is 10.8 Å². The molecule has 24 heavy (non-hydrogen) atoms. The maximum absolute atomic E-state index is 12.9. The zero-order valence-electron chi connectivity index (χ0n) is 12.5. The lowest BCUT2D eigenvalue weighted by atomic mass is 10.1. The first kappa shape index (κ1) is 15.8. The average molecular weight is 378 g/mol. The van der Waals surface area contributed by atoms with Gasteiger partial charge in [0.1, 0.15) is 0 Å². The van der Waals surface area contributed by atoms with Crippen molar-refractivity contribution >= 4 is 49.7 Å². The zero-order valence-corrected chi connectivity index (χ0v) is 14.8. The number of benzene rings is 3. The van der Waals surface area contributed by atoms with Crippen molar-refractivity contribution in [1.29, 1.82) is 0 Å². The fourth-order valence-electron chi connectivity index (χ4n) is 3.22. The number of rotatable bonds is 3. The molecule has 6 heteroatoms. The number of hydrogen-bond donors (Lipinski definition) is 1. The predicted octanol–water partition coefficient (Wildman–Crippen LogP) is 5.05. The molecular weight excluding hydrogens is 365 g/mol. The summed E-state index contributed by atoms with van der Waals surface area (Å²) in [5.41, 5.74) is 2.79. The van der Waals surface area contributed by atoms with Crippen LogP contribution in [0.3, 0.4) is 0 Å². The van der Waals surface area contributed by atoms with E-state index in [1.54, 1.807) is 18.2 Å². The van der Waals surface area contributed by atoms with Crippen LogP contribution in [0.2, 0.25) is 10.0 Å². The Bertz CT molecular complexity index is 1070. The molecule has 3 nitrogen and oxygen atoms in total. The topological polar surface area (TPSA) is 46.2 Å². The summed E-state index contributed by atoms with van der Waals surface area (Å²) < 4.78 is 28.3. The van der Waals surface area contributed by atoms with Gasteiger partial charge in [0.2, 0.25) is 0 Å². The van der Waals surface area contributed by atoms with Gasteiger partial charge in [-0.2, -0.15) is 0 Å². The van der Waals surface area contributed by atoms with Crippen molar-refractivity contribution in [3.63, 3.8) is 0 Å². The smallest absolute Gasteiger partial charge is 0.262 e. The Hall–Kier alpha value is -1.75. The van der Waals surface area contributed by atoms with Gasteiger partial charge in [0.25, 0.3) is 10.0 Å². The summed E-state index contributed by atoms with van der Waals surface area (Å²) in [4.78, 5) is 0.274. The maximum Gasteiger partial charge on any atom is 0.262 e. The van der Waals surface area contributed by atoms with E-state index >= 15 is 0 Å². The SMILES string of the molecule is O=S(=O)(Nc1ccc(Cl)c(Cl)c1)c1ccc2c3c(cccc13)CC2. The molecule has 3 aromatic rings. The Morgan fingerprint density at radius 1 is 0.875 bits per heavy atom. The highest BCUT2D eigenvalue weighted by Crippen LogP contribution is 2.35. The van der Waals surface area contributed by atoms with Gasteiger partial charge in [0.05, 0.1) is 20.6 Å².